The average molecular weight is 130 g/mol. The van der Waals surface area contributed by atoms with Crippen LogP contribution in [0.15, 0.2) is 4.99 Å². The van der Waals surface area contributed by atoms with E-state index in [9.17, 15) is 0 Å². The summed E-state index contributed by atoms with van der Waals surface area (Å²) >= 11 is 0. The zero-order valence-corrected chi connectivity index (χ0v) is 5.72. The van der Waals surface area contributed by atoms with E-state index in [2.05, 4.69) is 10.3 Å². The summed E-state index contributed by atoms with van der Waals surface area (Å²) in [5.74, 6) is 0.160. The van der Waals surface area contributed by atoms with Crippen LogP contribution in [0.2, 0.25) is 0 Å². The SMILES string of the molecule is CCNCCN=C(N)N. The second-order valence-electron chi connectivity index (χ2n) is 1.66. The van der Waals surface area contributed by atoms with Gasteiger partial charge in [-0.2, -0.15) is 0 Å². The lowest BCUT2D eigenvalue weighted by Crippen LogP contribution is -2.25. The van der Waals surface area contributed by atoms with Crippen molar-refractivity contribution in [2.75, 3.05) is 19.6 Å². The molecule has 0 aliphatic rings. The standard InChI is InChI=1S/C5H14N4/c1-2-8-3-4-9-5(6)7/h8H,2-4H2,1H3,(H4,6,7,9). The van der Waals surface area contributed by atoms with Crippen LogP contribution in [0, 0.1) is 0 Å². The predicted octanol–water partition coefficient (Wildman–Crippen LogP) is -1.13. The summed E-state index contributed by atoms with van der Waals surface area (Å²) in [5, 5.41) is 3.09. The van der Waals surface area contributed by atoms with Gasteiger partial charge in [-0.15, -0.1) is 0 Å². The number of hydrogen-bond donors (Lipinski definition) is 3. The van der Waals surface area contributed by atoms with E-state index in [0.717, 1.165) is 13.1 Å². The first kappa shape index (κ1) is 8.23. The molecule has 0 atom stereocenters. The number of hydrogen-bond acceptors (Lipinski definition) is 2. The number of nitrogens with one attached hydrogen (secondary N) is 1. The van der Waals surface area contributed by atoms with Gasteiger partial charge in [-0.3, -0.25) is 4.99 Å². The number of nitrogens with two attached hydrogens (primary N) is 2. The van der Waals surface area contributed by atoms with E-state index in [0.29, 0.717) is 6.54 Å². The van der Waals surface area contributed by atoms with Crippen molar-refractivity contribution in [3.63, 3.8) is 0 Å². The molecule has 0 rings (SSSR count). The van der Waals surface area contributed by atoms with Crippen LogP contribution in [0.1, 0.15) is 6.92 Å². The summed E-state index contributed by atoms with van der Waals surface area (Å²) in [6.07, 6.45) is 0. The molecule has 4 nitrogen and oxygen atoms in total. The van der Waals surface area contributed by atoms with E-state index in [4.69, 9.17) is 11.5 Å². The van der Waals surface area contributed by atoms with Gasteiger partial charge in [-0.05, 0) is 6.54 Å². The molecular formula is C5H14N4. The van der Waals surface area contributed by atoms with Gasteiger partial charge in [0.05, 0.1) is 6.54 Å². The Hall–Kier alpha value is -0.770. The van der Waals surface area contributed by atoms with Crippen molar-refractivity contribution >= 4 is 5.96 Å². The van der Waals surface area contributed by atoms with Crippen LogP contribution in [-0.2, 0) is 0 Å². The molecule has 0 aliphatic carbocycles. The summed E-state index contributed by atoms with van der Waals surface area (Å²) < 4.78 is 0. The van der Waals surface area contributed by atoms with E-state index >= 15 is 0 Å². The highest BCUT2D eigenvalue weighted by Gasteiger charge is 1.80. The Morgan fingerprint density at radius 3 is 2.67 bits per heavy atom. The maximum absolute atomic E-state index is 5.07. The van der Waals surface area contributed by atoms with Crippen molar-refractivity contribution in [1.29, 1.82) is 0 Å². The molecule has 0 fully saturated rings. The molecule has 9 heavy (non-hydrogen) atoms. The predicted molar refractivity (Wildman–Crippen MR) is 39.2 cm³/mol. The van der Waals surface area contributed by atoms with Gasteiger partial charge in [-0.1, -0.05) is 6.92 Å². The van der Waals surface area contributed by atoms with Crippen molar-refractivity contribution in [3.8, 4) is 0 Å². The lowest BCUT2D eigenvalue weighted by atomic mass is 10.6. The second-order valence-corrected chi connectivity index (χ2v) is 1.66. The molecule has 0 bridgehead atoms. The van der Waals surface area contributed by atoms with E-state index in [1.54, 1.807) is 0 Å². The van der Waals surface area contributed by atoms with Crippen molar-refractivity contribution in [2.24, 2.45) is 16.5 Å². The first-order valence-electron chi connectivity index (χ1n) is 3.03. The van der Waals surface area contributed by atoms with Crippen LogP contribution in [0.25, 0.3) is 0 Å². The fraction of sp³-hybridized carbons (Fsp3) is 0.800. The van der Waals surface area contributed by atoms with Crippen LogP contribution in [0.5, 0.6) is 0 Å². The third-order valence-electron chi connectivity index (χ3n) is 0.833. The molecule has 0 aromatic rings. The topological polar surface area (TPSA) is 76.4 Å². The second kappa shape index (κ2) is 5.37. The van der Waals surface area contributed by atoms with E-state index < -0.39 is 0 Å². The smallest absolute Gasteiger partial charge is 0.185 e. The van der Waals surface area contributed by atoms with Crippen LogP contribution in [0.3, 0.4) is 0 Å². The number of likely N-dealkylation sites (N-methyl/N-ethyl adjacent to an activating group) is 1. The summed E-state index contributed by atoms with van der Waals surface area (Å²) in [5.41, 5.74) is 10.1. The minimum absolute atomic E-state index is 0.160. The monoisotopic (exact) mass is 130 g/mol. The van der Waals surface area contributed by atoms with Gasteiger partial charge < -0.3 is 16.8 Å². The zero-order valence-electron chi connectivity index (χ0n) is 5.72. The number of rotatable bonds is 4. The average Bonchev–Trinajstić information content (AvgIpc) is 1.80. The molecule has 0 saturated heterocycles. The fourth-order valence-electron chi connectivity index (χ4n) is 0.441. The zero-order chi connectivity index (χ0) is 7.11. The van der Waals surface area contributed by atoms with Gasteiger partial charge in [0.1, 0.15) is 0 Å². The van der Waals surface area contributed by atoms with Gasteiger partial charge >= 0.3 is 0 Å². The molecule has 0 spiro atoms. The molecule has 0 unspecified atom stereocenters. The minimum atomic E-state index is 0.160. The molecule has 0 aromatic heterocycles. The molecule has 0 saturated carbocycles. The van der Waals surface area contributed by atoms with Crippen molar-refractivity contribution in [2.45, 2.75) is 6.92 Å². The Labute approximate surface area is 55.3 Å². The third-order valence-corrected chi connectivity index (χ3v) is 0.833. The van der Waals surface area contributed by atoms with Gasteiger partial charge in [0.2, 0.25) is 0 Å². The Morgan fingerprint density at radius 2 is 2.22 bits per heavy atom. The third kappa shape index (κ3) is 7.23. The largest absolute Gasteiger partial charge is 0.370 e. The van der Waals surface area contributed by atoms with Crippen LogP contribution in [-0.4, -0.2) is 25.6 Å². The van der Waals surface area contributed by atoms with Crippen LogP contribution in [0.4, 0.5) is 0 Å². The summed E-state index contributed by atoms with van der Waals surface area (Å²) in [6.45, 7) is 4.50. The highest BCUT2D eigenvalue weighted by molar-refractivity contribution is 5.75. The molecular weight excluding hydrogens is 116 g/mol. The molecule has 4 heteroatoms. The Bertz CT molecular complexity index is 85.0. The lowest BCUT2D eigenvalue weighted by molar-refractivity contribution is 0.725. The Balaban J connectivity index is 3.00. The normalized spacial score (nSPS) is 9.00. The highest BCUT2D eigenvalue weighted by atomic mass is 15.0. The van der Waals surface area contributed by atoms with Gasteiger partial charge in [0, 0.05) is 6.54 Å². The first-order chi connectivity index (χ1) is 4.27. The van der Waals surface area contributed by atoms with E-state index in [1.165, 1.54) is 0 Å². The number of aliphatic imine (C=N–C) groups is 1. The van der Waals surface area contributed by atoms with Crippen molar-refractivity contribution < 1.29 is 0 Å². The lowest BCUT2D eigenvalue weighted by Gasteiger charge is -1.95. The van der Waals surface area contributed by atoms with E-state index in [-0.39, 0.29) is 5.96 Å². The Morgan fingerprint density at radius 1 is 1.56 bits per heavy atom. The minimum Gasteiger partial charge on any atom is -0.370 e. The maximum atomic E-state index is 5.07. The quantitative estimate of drug-likeness (QED) is 0.256. The summed E-state index contributed by atoms with van der Waals surface area (Å²) in [6, 6.07) is 0. The number of guanidine groups is 1. The molecule has 54 valence electrons. The molecule has 0 aromatic carbocycles. The maximum Gasteiger partial charge on any atom is 0.185 e. The van der Waals surface area contributed by atoms with Gasteiger partial charge in [-0.25, -0.2) is 0 Å². The molecule has 5 N–H and O–H groups in total. The summed E-state index contributed by atoms with van der Waals surface area (Å²) in [4.78, 5) is 3.77. The molecule has 0 aliphatic heterocycles. The first-order valence-corrected chi connectivity index (χ1v) is 3.03. The molecule has 0 heterocycles. The van der Waals surface area contributed by atoms with Crippen LogP contribution >= 0.6 is 0 Å². The number of nitrogens with zero attached hydrogens (tertiary/aromatic N) is 1. The van der Waals surface area contributed by atoms with Gasteiger partial charge in [0.25, 0.3) is 0 Å². The summed E-state index contributed by atoms with van der Waals surface area (Å²) in [7, 11) is 0. The van der Waals surface area contributed by atoms with Gasteiger partial charge in [0.15, 0.2) is 5.96 Å². The highest BCUT2D eigenvalue weighted by Crippen LogP contribution is 1.64. The molecule has 0 radical (unpaired) electrons. The fourth-order valence-corrected chi connectivity index (χ4v) is 0.441. The van der Waals surface area contributed by atoms with Crippen molar-refractivity contribution in [3.05, 3.63) is 0 Å². The van der Waals surface area contributed by atoms with E-state index in [1.807, 2.05) is 6.92 Å². The van der Waals surface area contributed by atoms with Crippen LogP contribution < -0.4 is 16.8 Å². The Kier molecular flexibility index (Phi) is 4.91. The molecule has 0 amide bonds. The van der Waals surface area contributed by atoms with Crippen molar-refractivity contribution in [1.82, 2.24) is 5.32 Å².